The molecule has 1 amide bonds. The van der Waals surface area contributed by atoms with Crippen LogP contribution in [0.4, 0.5) is 0 Å². The SMILES string of the molecule is Cc1ccc(C(=O)c2cccc(C(C)C(=O)NC(C)(C)C)c2)c(Cl)c1. The summed E-state index contributed by atoms with van der Waals surface area (Å²) < 4.78 is 0. The highest BCUT2D eigenvalue weighted by Gasteiger charge is 2.22. The highest BCUT2D eigenvalue weighted by atomic mass is 35.5. The number of ketones is 1. The Kier molecular flexibility index (Phi) is 5.69. The molecule has 1 unspecified atom stereocenters. The van der Waals surface area contributed by atoms with Crippen molar-refractivity contribution in [1.82, 2.24) is 5.32 Å². The lowest BCUT2D eigenvalue weighted by Gasteiger charge is -2.23. The molecule has 1 atom stereocenters. The highest BCUT2D eigenvalue weighted by molar-refractivity contribution is 6.35. The number of hydrogen-bond acceptors (Lipinski definition) is 2. The standard InChI is InChI=1S/C21H24ClNO2/c1-13-9-10-17(18(22)11-13)19(24)16-8-6-7-15(12-16)14(2)20(25)23-21(3,4)5/h6-12,14H,1-5H3,(H,23,25). The van der Waals surface area contributed by atoms with Crippen molar-refractivity contribution < 1.29 is 9.59 Å². The number of aryl methyl sites for hydroxylation is 1. The van der Waals surface area contributed by atoms with Crippen molar-refractivity contribution in [1.29, 1.82) is 0 Å². The Morgan fingerprint density at radius 1 is 1.08 bits per heavy atom. The van der Waals surface area contributed by atoms with E-state index in [9.17, 15) is 9.59 Å². The van der Waals surface area contributed by atoms with Crippen LogP contribution >= 0.6 is 11.6 Å². The summed E-state index contributed by atoms with van der Waals surface area (Å²) in [5, 5.41) is 3.41. The number of benzene rings is 2. The molecule has 0 saturated carbocycles. The summed E-state index contributed by atoms with van der Waals surface area (Å²) in [6.07, 6.45) is 0. The van der Waals surface area contributed by atoms with Gasteiger partial charge in [-0.2, -0.15) is 0 Å². The number of nitrogens with one attached hydrogen (secondary N) is 1. The van der Waals surface area contributed by atoms with Gasteiger partial charge in [-0.1, -0.05) is 35.9 Å². The molecular formula is C21H24ClNO2. The number of amides is 1. The topological polar surface area (TPSA) is 46.2 Å². The van der Waals surface area contributed by atoms with Gasteiger partial charge in [0.15, 0.2) is 5.78 Å². The van der Waals surface area contributed by atoms with Gasteiger partial charge in [0.05, 0.1) is 10.9 Å². The molecule has 2 aromatic rings. The van der Waals surface area contributed by atoms with E-state index in [4.69, 9.17) is 11.6 Å². The molecular weight excluding hydrogens is 334 g/mol. The maximum atomic E-state index is 12.8. The molecule has 0 fully saturated rings. The molecule has 0 aliphatic rings. The van der Waals surface area contributed by atoms with Gasteiger partial charge in [0.2, 0.25) is 5.91 Å². The van der Waals surface area contributed by atoms with E-state index in [-0.39, 0.29) is 23.1 Å². The number of carbonyl (C=O) groups is 2. The third kappa shape index (κ3) is 4.93. The molecule has 0 saturated heterocycles. The fourth-order valence-electron chi connectivity index (χ4n) is 2.54. The van der Waals surface area contributed by atoms with E-state index in [2.05, 4.69) is 5.32 Å². The second-order valence-corrected chi connectivity index (χ2v) is 7.81. The van der Waals surface area contributed by atoms with E-state index in [1.54, 1.807) is 30.3 Å². The minimum absolute atomic E-state index is 0.0644. The summed E-state index contributed by atoms with van der Waals surface area (Å²) in [7, 11) is 0. The summed E-state index contributed by atoms with van der Waals surface area (Å²) in [6, 6.07) is 12.6. The fraction of sp³-hybridized carbons (Fsp3) is 0.333. The van der Waals surface area contributed by atoms with E-state index in [0.29, 0.717) is 16.1 Å². The van der Waals surface area contributed by atoms with Crippen molar-refractivity contribution >= 4 is 23.3 Å². The molecule has 2 aromatic carbocycles. The van der Waals surface area contributed by atoms with E-state index in [1.165, 1.54) is 0 Å². The Labute approximate surface area is 154 Å². The molecule has 2 rings (SSSR count). The molecule has 1 N–H and O–H groups in total. The normalized spacial score (nSPS) is 12.6. The van der Waals surface area contributed by atoms with Gasteiger partial charge in [-0.15, -0.1) is 0 Å². The van der Waals surface area contributed by atoms with Gasteiger partial charge in [0.25, 0.3) is 0 Å². The summed E-state index contributed by atoms with van der Waals surface area (Å²) in [5.74, 6) is -0.554. The lowest BCUT2D eigenvalue weighted by atomic mass is 9.94. The first kappa shape index (κ1) is 19.2. The minimum Gasteiger partial charge on any atom is -0.351 e. The predicted molar refractivity (Wildman–Crippen MR) is 102 cm³/mol. The maximum Gasteiger partial charge on any atom is 0.227 e. The average Bonchev–Trinajstić information content (AvgIpc) is 2.52. The summed E-state index contributed by atoms with van der Waals surface area (Å²) in [4.78, 5) is 25.2. The monoisotopic (exact) mass is 357 g/mol. The van der Waals surface area contributed by atoms with Gasteiger partial charge in [-0.05, 0) is 63.9 Å². The lowest BCUT2D eigenvalue weighted by molar-refractivity contribution is -0.123. The summed E-state index contributed by atoms with van der Waals surface area (Å²) >= 11 is 6.21. The van der Waals surface area contributed by atoms with E-state index >= 15 is 0 Å². The molecule has 3 nitrogen and oxygen atoms in total. The van der Waals surface area contributed by atoms with Crippen molar-refractivity contribution in [2.24, 2.45) is 0 Å². The molecule has 132 valence electrons. The average molecular weight is 358 g/mol. The first-order chi connectivity index (χ1) is 11.6. The molecule has 25 heavy (non-hydrogen) atoms. The van der Waals surface area contributed by atoms with Crippen LogP contribution in [0.3, 0.4) is 0 Å². The quantitative estimate of drug-likeness (QED) is 0.791. The van der Waals surface area contributed by atoms with Gasteiger partial charge in [-0.3, -0.25) is 9.59 Å². The lowest BCUT2D eigenvalue weighted by Crippen LogP contribution is -2.42. The van der Waals surface area contributed by atoms with Crippen LogP contribution in [0.15, 0.2) is 42.5 Å². The Balaban J connectivity index is 2.29. The van der Waals surface area contributed by atoms with Crippen LogP contribution in [0.5, 0.6) is 0 Å². The smallest absolute Gasteiger partial charge is 0.227 e. The van der Waals surface area contributed by atoms with Crippen molar-refractivity contribution in [3.63, 3.8) is 0 Å². The minimum atomic E-state index is -0.347. The third-order valence-corrected chi connectivity index (χ3v) is 4.22. The molecule has 4 heteroatoms. The van der Waals surface area contributed by atoms with Crippen LogP contribution < -0.4 is 5.32 Å². The van der Waals surface area contributed by atoms with Crippen LogP contribution in [0.1, 0.15) is 60.7 Å². The van der Waals surface area contributed by atoms with Gasteiger partial charge < -0.3 is 5.32 Å². The van der Waals surface area contributed by atoms with Crippen LogP contribution in [-0.2, 0) is 4.79 Å². The molecule has 0 radical (unpaired) electrons. The Morgan fingerprint density at radius 2 is 1.76 bits per heavy atom. The zero-order chi connectivity index (χ0) is 18.8. The van der Waals surface area contributed by atoms with Crippen molar-refractivity contribution in [2.45, 2.75) is 46.1 Å². The number of hydrogen-bond donors (Lipinski definition) is 1. The molecule has 0 bridgehead atoms. The van der Waals surface area contributed by atoms with Crippen LogP contribution in [0.2, 0.25) is 5.02 Å². The Bertz CT molecular complexity index is 806. The largest absolute Gasteiger partial charge is 0.351 e. The second-order valence-electron chi connectivity index (χ2n) is 7.40. The first-order valence-corrected chi connectivity index (χ1v) is 8.69. The van der Waals surface area contributed by atoms with Crippen molar-refractivity contribution in [3.8, 4) is 0 Å². The van der Waals surface area contributed by atoms with E-state index < -0.39 is 0 Å². The van der Waals surface area contributed by atoms with Crippen LogP contribution in [0.25, 0.3) is 0 Å². The van der Waals surface area contributed by atoms with Crippen LogP contribution in [-0.4, -0.2) is 17.2 Å². The Hall–Kier alpha value is -2.13. The summed E-state index contributed by atoms with van der Waals surface area (Å²) in [6.45, 7) is 9.59. The zero-order valence-corrected chi connectivity index (χ0v) is 16.1. The summed E-state index contributed by atoms with van der Waals surface area (Å²) in [5.41, 5.74) is 2.50. The highest BCUT2D eigenvalue weighted by Crippen LogP contribution is 2.23. The predicted octanol–water partition coefficient (Wildman–Crippen LogP) is 4.90. The molecule has 0 aliphatic carbocycles. The van der Waals surface area contributed by atoms with Gasteiger partial charge in [0.1, 0.15) is 0 Å². The van der Waals surface area contributed by atoms with E-state index in [1.807, 2.05) is 46.8 Å². The van der Waals surface area contributed by atoms with Crippen molar-refractivity contribution in [3.05, 3.63) is 69.7 Å². The molecule has 0 heterocycles. The molecule has 0 spiro atoms. The first-order valence-electron chi connectivity index (χ1n) is 8.31. The Morgan fingerprint density at radius 3 is 2.36 bits per heavy atom. The second kappa shape index (κ2) is 7.40. The maximum absolute atomic E-state index is 12.8. The van der Waals surface area contributed by atoms with Gasteiger partial charge in [0, 0.05) is 16.7 Å². The van der Waals surface area contributed by atoms with Gasteiger partial charge >= 0.3 is 0 Å². The molecule has 0 aromatic heterocycles. The zero-order valence-electron chi connectivity index (χ0n) is 15.3. The van der Waals surface area contributed by atoms with Crippen molar-refractivity contribution in [2.75, 3.05) is 0 Å². The number of rotatable bonds is 4. The number of carbonyl (C=O) groups excluding carboxylic acids is 2. The van der Waals surface area contributed by atoms with E-state index in [0.717, 1.165) is 11.1 Å². The fourth-order valence-corrected chi connectivity index (χ4v) is 2.86. The number of halogens is 1. The third-order valence-electron chi connectivity index (χ3n) is 3.91. The molecule has 0 aliphatic heterocycles. The van der Waals surface area contributed by atoms with Gasteiger partial charge in [-0.25, -0.2) is 0 Å². The van der Waals surface area contributed by atoms with Crippen LogP contribution in [0, 0.1) is 6.92 Å².